The number of thiazole rings is 1. The number of hydrazone groups is 1. The molecule has 2 N–H and O–H groups in total. The summed E-state index contributed by atoms with van der Waals surface area (Å²) in [6.45, 7) is 1.85. The predicted octanol–water partition coefficient (Wildman–Crippen LogP) is 5.31. The first kappa shape index (κ1) is 28.9. The molecule has 0 radical (unpaired) electrons. The van der Waals surface area contributed by atoms with Crippen LogP contribution < -0.4 is 20.2 Å². The van der Waals surface area contributed by atoms with E-state index < -0.39 is 23.6 Å². The molecule has 0 fully saturated rings. The van der Waals surface area contributed by atoms with Gasteiger partial charge in [-0.3, -0.25) is 4.79 Å². The topological polar surface area (TPSA) is 111 Å². The van der Waals surface area contributed by atoms with Crippen LogP contribution in [0.25, 0.3) is 0 Å². The zero-order valence-electron chi connectivity index (χ0n) is 20.1. The molecule has 14 heteroatoms. The molecule has 38 heavy (non-hydrogen) atoms. The van der Waals surface area contributed by atoms with Gasteiger partial charge < -0.3 is 19.5 Å². The van der Waals surface area contributed by atoms with Crippen molar-refractivity contribution in [3.63, 3.8) is 0 Å². The number of halogens is 4. The number of methoxy groups -OCH3 is 1. The maximum Gasteiger partial charge on any atom is 0.416 e. The van der Waals surface area contributed by atoms with Gasteiger partial charge in [0.25, 0.3) is 0 Å². The Labute approximate surface area is 228 Å². The minimum Gasteiger partial charge on any atom is -0.490 e. The highest BCUT2D eigenvalue weighted by molar-refractivity contribution is 9.10. The Balaban J connectivity index is 1.59. The Bertz CT molecular complexity index is 1320. The molecule has 3 aromatic rings. The number of amides is 1. The van der Waals surface area contributed by atoms with Crippen LogP contribution in [0.5, 0.6) is 11.5 Å². The summed E-state index contributed by atoms with van der Waals surface area (Å²) in [5.74, 6) is -0.300. The first-order valence-corrected chi connectivity index (χ1v) is 12.6. The number of rotatable bonds is 11. The monoisotopic (exact) mass is 614 g/mol. The second-order valence-corrected chi connectivity index (χ2v) is 9.15. The van der Waals surface area contributed by atoms with Crippen LogP contribution in [0, 0.1) is 0 Å². The second kappa shape index (κ2) is 13.2. The lowest BCUT2D eigenvalue weighted by Gasteiger charge is -2.13. The minimum atomic E-state index is -4.45. The normalized spacial score (nSPS) is 11.3. The molecule has 3 rings (SSSR count). The highest BCUT2D eigenvalue weighted by atomic mass is 79.9. The molecule has 0 bridgehead atoms. The van der Waals surface area contributed by atoms with E-state index in [1.807, 2.05) is 0 Å². The summed E-state index contributed by atoms with van der Waals surface area (Å²) < 4.78 is 54.8. The summed E-state index contributed by atoms with van der Waals surface area (Å²) in [4.78, 5) is 27.9. The lowest BCUT2D eigenvalue weighted by Crippen LogP contribution is -2.20. The number of esters is 1. The first-order valence-electron chi connectivity index (χ1n) is 11.0. The van der Waals surface area contributed by atoms with E-state index in [4.69, 9.17) is 9.47 Å². The fourth-order valence-electron chi connectivity index (χ4n) is 2.95. The largest absolute Gasteiger partial charge is 0.490 e. The van der Waals surface area contributed by atoms with Crippen LogP contribution in [0.3, 0.4) is 0 Å². The van der Waals surface area contributed by atoms with E-state index in [9.17, 15) is 22.8 Å². The van der Waals surface area contributed by atoms with Crippen LogP contribution >= 0.6 is 27.3 Å². The van der Waals surface area contributed by atoms with Crippen molar-refractivity contribution in [2.75, 3.05) is 25.6 Å². The van der Waals surface area contributed by atoms with Crippen LogP contribution in [-0.4, -0.2) is 43.4 Å². The van der Waals surface area contributed by atoms with E-state index in [0.717, 1.165) is 23.5 Å². The third-order valence-corrected chi connectivity index (χ3v) is 6.16. The summed E-state index contributed by atoms with van der Waals surface area (Å²) in [7, 11) is 1.25. The number of ether oxygens (including phenoxy) is 3. The van der Waals surface area contributed by atoms with Crippen molar-refractivity contribution in [1.82, 2.24) is 10.4 Å². The van der Waals surface area contributed by atoms with E-state index in [2.05, 4.69) is 41.5 Å². The van der Waals surface area contributed by atoms with Gasteiger partial charge in [0, 0.05) is 21.1 Å². The molecule has 0 unspecified atom stereocenters. The van der Waals surface area contributed by atoms with Gasteiger partial charge in [-0.05, 0) is 53.2 Å². The van der Waals surface area contributed by atoms with Crippen LogP contribution in [0.15, 0.2) is 51.4 Å². The lowest BCUT2D eigenvalue weighted by molar-refractivity contribution is -0.143. The molecule has 1 amide bonds. The average molecular weight is 615 g/mol. The van der Waals surface area contributed by atoms with Crippen molar-refractivity contribution in [1.29, 1.82) is 0 Å². The maximum atomic E-state index is 12.9. The van der Waals surface area contributed by atoms with Gasteiger partial charge >= 0.3 is 12.1 Å². The fourth-order valence-corrected chi connectivity index (χ4v) is 4.10. The van der Waals surface area contributed by atoms with Gasteiger partial charge in [-0.1, -0.05) is 6.07 Å². The Kier molecular flexibility index (Phi) is 10.1. The summed E-state index contributed by atoms with van der Waals surface area (Å²) >= 11 is 4.54. The van der Waals surface area contributed by atoms with Crippen LogP contribution in [0.1, 0.15) is 23.7 Å². The third-order valence-electron chi connectivity index (χ3n) is 4.66. The van der Waals surface area contributed by atoms with Crippen LogP contribution in [-0.2, 0) is 26.9 Å². The van der Waals surface area contributed by atoms with Crippen LogP contribution in [0.2, 0.25) is 0 Å². The predicted molar refractivity (Wildman–Crippen MR) is 139 cm³/mol. The number of carbonyl (C=O) groups is 2. The number of anilines is 2. The summed E-state index contributed by atoms with van der Waals surface area (Å²) in [5.41, 5.74) is 2.84. The van der Waals surface area contributed by atoms with Gasteiger partial charge in [0.15, 0.2) is 23.2 Å². The highest BCUT2D eigenvalue weighted by Gasteiger charge is 2.30. The molecule has 0 atom stereocenters. The number of nitrogens with one attached hydrogen (secondary N) is 2. The number of benzene rings is 2. The molecule has 0 aliphatic heterocycles. The molecule has 0 saturated carbocycles. The lowest BCUT2D eigenvalue weighted by atomic mass is 10.2. The average Bonchev–Trinajstić information content (AvgIpc) is 3.30. The van der Waals surface area contributed by atoms with Crippen molar-refractivity contribution < 1.29 is 37.0 Å². The molecule has 2 aromatic carbocycles. The van der Waals surface area contributed by atoms with Gasteiger partial charge in [0.05, 0.1) is 37.6 Å². The molecule has 0 aliphatic carbocycles. The van der Waals surface area contributed by atoms with Crippen molar-refractivity contribution in [2.45, 2.75) is 19.5 Å². The standard InChI is InChI=1S/C24H22BrF3N4O5S/c1-3-36-19-7-14(18(25)10-20(19)37-12-22(34)35-2)11-29-32-21(33)9-17-13-38-23(31-17)30-16-6-4-5-15(8-16)24(26,27)28/h4-8,10-11,13H,3,9,12H2,1-2H3,(H,30,31)(H,32,33)/b29-11-. The van der Waals surface area contributed by atoms with E-state index in [1.54, 1.807) is 24.4 Å². The number of alkyl halides is 3. The van der Waals surface area contributed by atoms with Gasteiger partial charge in [0.1, 0.15) is 0 Å². The third kappa shape index (κ3) is 8.45. The van der Waals surface area contributed by atoms with Gasteiger partial charge in [-0.15, -0.1) is 11.3 Å². The zero-order chi connectivity index (χ0) is 27.7. The fraction of sp³-hybridized carbons (Fsp3) is 0.250. The number of hydrogen-bond donors (Lipinski definition) is 2. The van der Waals surface area contributed by atoms with Crippen molar-refractivity contribution >= 4 is 56.2 Å². The Morgan fingerprint density at radius 3 is 2.66 bits per heavy atom. The number of nitrogens with zero attached hydrogens (tertiary/aromatic N) is 2. The SMILES string of the molecule is CCOc1cc(/C=N\NC(=O)Cc2csc(Nc3cccc(C(F)(F)F)c3)n2)c(Br)cc1OCC(=O)OC. The van der Waals surface area contributed by atoms with Crippen molar-refractivity contribution in [3.05, 3.63) is 63.1 Å². The Morgan fingerprint density at radius 2 is 1.95 bits per heavy atom. The smallest absolute Gasteiger partial charge is 0.416 e. The molecule has 0 spiro atoms. The highest BCUT2D eigenvalue weighted by Crippen LogP contribution is 2.34. The molecule has 202 valence electrons. The molecular formula is C24H22BrF3N4O5S. The molecule has 0 aliphatic rings. The maximum absolute atomic E-state index is 12.9. The first-order chi connectivity index (χ1) is 18.1. The number of aromatic nitrogens is 1. The molecular weight excluding hydrogens is 593 g/mol. The van der Waals surface area contributed by atoms with Gasteiger partial charge in [-0.2, -0.15) is 18.3 Å². The minimum absolute atomic E-state index is 0.0935. The van der Waals surface area contributed by atoms with Crippen molar-refractivity contribution in [3.8, 4) is 11.5 Å². The molecule has 1 aromatic heterocycles. The number of hydrogen-bond acceptors (Lipinski definition) is 9. The van der Waals surface area contributed by atoms with E-state index in [-0.39, 0.29) is 18.7 Å². The summed E-state index contributed by atoms with van der Waals surface area (Å²) in [6.07, 6.45) is -3.15. The van der Waals surface area contributed by atoms with E-state index >= 15 is 0 Å². The Morgan fingerprint density at radius 1 is 1.18 bits per heavy atom. The Hall–Kier alpha value is -3.65. The zero-order valence-corrected chi connectivity index (χ0v) is 22.5. The summed E-state index contributed by atoms with van der Waals surface area (Å²) in [5, 5.41) is 8.73. The van der Waals surface area contributed by atoms with Gasteiger partial charge in [0.2, 0.25) is 5.91 Å². The molecule has 9 nitrogen and oxygen atoms in total. The van der Waals surface area contributed by atoms with E-state index in [1.165, 1.54) is 25.5 Å². The van der Waals surface area contributed by atoms with Crippen LogP contribution in [0.4, 0.5) is 24.0 Å². The van der Waals surface area contributed by atoms with Gasteiger partial charge in [-0.25, -0.2) is 15.2 Å². The van der Waals surface area contributed by atoms with Crippen molar-refractivity contribution in [2.24, 2.45) is 5.10 Å². The van der Waals surface area contributed by atoms with E-state index in [0.29, 0.717) is 39.0 Å². The second-order valence-electron chi connectivity index (χ2n) is 7.44. The quantitative estimate of drug-likeness (QED) is 0.171. The molecule has 1 heterocycles. The molecule has 0 saturated heterocycles. The summed E-state index contributed by atoms with van der Waals surface area (Å²) in [6, 6.07) is 7.98. The number of carbonyl (C=O) groups excluding carboxylic acids is 2.